The summed E-state index contributed by atoms with van der Waals surface area (Å²) in [4.78, 5) is 23.4. The maximum atomic E-state index is 12.9. The van der Waals surface area contributed by atoms with Gasteiger partial charge in [-0.25, -0.2) is 0 Å². The molecule has 1 amide bonds. The molecule has 1 aliphatic rings. The zero-order valence-electron chi connectivity index (χ0n) is 12.9. The van der Waals surface area contributed by atoms with Crippen LogP contribution in [0.1, 0.15) is 35.2 Å². The van der Waals surface area contributed by atoms with Gasteiger partial charge in [0.2, 0.25) is 0 Å². The summed E-state index contributed by atoms with van der Waals surface area (Å²) in [6, 6.07) is 1.84. The average Bonchev–Trinajstić information content (AvgIpc) is 2.90. The number of non-ortho nitro benzene ring substituents is 1. The molecule has 0 spiro atoms. The smallest absolute Gasteiger partial charge is 0.393 e. The van der Waals surface area contributed by atoms with Crippen LogP contribution in [-0.2, 0) is 6.18 Å². The number of hydrogen-bond donors (Lipinski definition) is 1. The number of alkyl halides is 3. The Kier molecular flexibility index (Phi) is 5.12. The number of carbonyl (C=O) groups excluding carboxylic acids is 1. The Morgan fingerprint density at radius 3 is 2.54 bits per heavy atom. The summed E-state index contributed by atoms with van der Waals surface area (Å²) in [7, 11) is 1.40. The fourth-order valence-corrected chi connectivity index (χ4v) is 2.89. The second-order valence-corrected chi connectivity index (χ2v) is 5.97. The molecule has 1 aromatic rings. The highest BCUT2D eigenvalue weighted by atomic mass is 19.4. The number of aliphatic hydroxyl groups excluding tert-OH is 1. The predicted octanol–water partition coefficient (Wildman–Crippen LogP) is 2.85. The molecular weight excluding hydrogens is 329 g/mol. The topological polar surface area (TPSA) is 83.7 Å². The first-order chi connectivity index (χ1) is 11.1. The van der Waals surface area contributed by atoms with Crippen molar-refractivity contribution < 1.29 is 28.0 Å². The molecule has 6 nitrogen and oxygen atoms in total. The van der Waals surface area contributed by atoms with Crippen molar-refractivity contribution in [1.29, 1.82) is 0 Å². The van der Waals surface area contributed by atoms with Gasteiger partial charge in [0, 0.05) is 37.2 Å². The summed E-state index contributed by atoms with van der Waals surface area (Å²) in [6.07, 6.45) is -3.16. The van der Waals surface area contributed by atoms with Crippen molar-refractivity contribution in [3.63, 3.8) is 0 Å². The largest absolute Gasteiger partial charge is 0.416 e. The molecule has 1 saturated carbocycles. The van der Waals surface area contributed by atoms with Crippen molar-refractivity contribution >= 4 is 11.6 Å². The highest BCUT2D eigenvalue weighted by molar-refractivity contribution is 5.95. The van der Waals surface area contributed by atoms with Gasteiger partial charge in [0.1, 0.15) is 0 Å². The minimum atomic E-state index is -4.79. The first-order valence-corrected chi connectivity index (χ1v) is 7.40. The van der Waals surface area contributed by atoms with Crippen LogP contribution < -0.4 is 0 Å². The summed E-state index contributed by atoms with van der Waals surface area (Å²) >= 11 is 0. The Bertz CT molecular complexity index is 648. The maximum Gasteiger partial charge on any atom is 0.416 e. The van der Waals surface area contributed by atoms with E-state index in [4.69, 9.17) is 0 Å². The van der Waals surface area contributed by atoms with Crippen LogP contribution in [0, 0.1) is 16.0 Å². The monoisotopic (exact) mass is 346 g/mol. The number of nitrogens with zero attached hydrogens (tertiary/aromatic N) is 2. The number of hydrogen-bond acceptors (Lipinski definition) is 4. The molecule has 0 aliphatic heterocycles. The van der Waals surface area contributed by atoms with Gasteiger partial charge in [-0.05, 0) is 18.9 Å². The van der Waals surface area contributed by atoms with Crippen molar-refractivity contribution in [3.8, 4) is 0 Å². The molecule has 24 heavy (non-hydrogen) atoms. The summed E-state index contributed by atoms with van der Waals surface area (Å²) in [5, 5.41) is 20.6. The first-order valence-electron chi connectivity index (χ1n) is 7.40. The van der Waals surface area contributed by atoms with Crippen LogP contribution in [0.15, 0.2) is 18.2 Å². The number of amides is 1. The molecule has 1 fully saturated rings. The summed E-state index contributed by atoms with van der Waals surface area (Å²) < 4.78 is 38.6. The van der Waals surface area contributed by atoms with Crippen LogP contribution in [0.4, 0.5) is 18.9 Å². The molecule has 0 bridgehead atoms. The molecule has 0 heterocycles. The van der Waals surface area contributed by atoms with Crippen LogP contribution in [0.25, 0.3) is 0 Å². The standard InChI is InChI=1S/C15H17F3N2O4/c1-19(8-9-3-2-4-13(9)21)14(22)10-5-11(15(16,17)18)7-12(6-10)20(23)24/h5-7,9,13,21H,2-4,8H2,1H3. The van der Waals surface area contributed by atoms with Crippen molar-refractivity contribution in [1.82, 2.24) is 4.90 Å². The Hall–Kier alpha value is -2.16. The van der Waals surface area contributed by atoms with Gasteiger partial charge in [0.25, 0.3) is 11.6 Å². The Balaban J connectivity index is 2.27. The minimum Gasteiger partial charge on any atom is -0.393 e. The maximum absolute atomic E-state index is 12.9. The second kappa shape index (κ2) is 6.76. The fourth-order valence-electron chi connectivity index (χ4n) is 2.89. The first kappa shape index (κ1) is 18.2. The van der Waals surface area contributed by atoms with Crippen molar-refractivity contribution in [2.24, 2.45) is 5.92 Å². The van der Waals surface area contributed by atoms with Gasteiger partial charge in [-0.2, -0.15) is 13.2 Å². The van der Waals surface area contributed by atoms with Crippen LogP contribution in [0.2, 0.25) is 0 Å². The zero-order valence-corrected chi connectivity index (χ0v) is 12.9. The third kappa shape index (κ3) is 4.02. The van der Waals surface area contributed by atoms with E-state index in [1.807, 2.05) is 0 Å². The van der Waals surface area contributed by atoms with Crippen LogP contribution in [0.5, 0.6) is 0 Å². The van der Waals surface area contributed by atoms with Gasteiger partial charge in [0.05, 0.1) is 16.6 Å². The Morgan fingerprint density at radius 1 is 1.38 bits per heavy atom. The lowest BCUT2D eigenvalue weighted by Crippen LogP contribution is -2.34. The number of nitro benzene ring substituents is 1. The van der Waals surface area contributed by atoms with Gasteiger partial charge in [0.15, 0.2) is 0 Å². The molecule has 2 unspecified atom stereocenters. The molecule has 0 saturated heterocycles. The number of carbonyl (C=O) groups is 1. The average molecular weight is 346 g/mol. The van der Waals surface area contributed by atoms with Crippen molar-refractivity contribution in [3.05, 3.63) is 39.4 Å². The SMILES string of the molecule is CN(CC1CCCC1O)C(=O)c1cc([N+](=O)[O-])cc(C(F)(F)F)c1. The highest BCUT2D eigenvalue weighted by Crippen LogP contribution is 2.33. The Labute approximate surface area is 136 Å². The lowest BCUT2D eigenvalue weighted by molar-refractivity contribution is -0.385. The number of aliphatic hydroxyl groups is 1. The molecule has 2 rings (SSSR count). The molecule has 2 atom stereocenters. The second-order valence-electron chi connectivity index (χ2n) is 5.97. The minimum absolute atomic E-state index is 0.139. The number of halogens is 3. The molecule has 9 heteroatoms. The van der Waals surface area contributed by atoms with E-state index < -0.39 is 39.9 Å². The molecule has 0 aromatic heterocycles. The Morgan fingerprint density at radius 2 is 2.04 bits per heavy atom. The van der Waals surface area contributed by atoms with E-state index in [-0.39, 0.29) is 12.5 Å². The van der Waals surface area contributed by atoms with Gasteiger partial charge in [-0.15, -0.1) is 0 Å². The van der Waals surface area contributed by atoms with Crippen LogP contribution >= 0.6 is 0 Å². The van der Waals surface area contributed by atoms with Gasteiger partial charge in [-0.1, -0.05) is 6.42 Å². The third-order valence-corrected chi connectivity index (χ3v) is 4.18. The molecular formula is C15H17F3N2O4. The van der Waals surface area contributed by atoms with Gasteiger partial charge in [-0.3, -0.25) is 14.9 Å². The molecule has 1 N–H and O–H groups in total. The number of nitro groups is 1. The van der Waals surface area contributed by atoms with Gasteiger partial charge >= 0.3 is 6.18 Å². The van der Waals surface area contributed by atoms with E-state index in [1.165, 1.54) is 11.9 Å². The van der Waals surface area contributed by atoms with E-state index in [0.717, 1.165) is 18.9 Å². The lowest BCUT2D eigenvalue weighted by atomic mass is 10.0. The number of benzene rings is 1. The van der Waals surface area contributed by atoms with E-state index in [9.17, 15) is 33.2 Å². The molecule has 1 aliphatic carbocycles. The van der Waals surface area contributed by atoms with E-state index in [1.54, 1.807) is 0 Å². The van der Waals surface area contributed by atoms with Crippen molar-refractivity contribution in [2.45, 2.75) is 31.5 Å². The fraction of sp³-hybridized carbons (Fsp3) is 0.533. The van der Waals surface area contributed by atoms with E-state index in [2.05, 4.69) is 0 Å². The number of rotatable bonds is 4. The van der Waals surface area contributed by atoms with Crippen molar-refractivity contribution in [2.75, 3.05) is 13.6 Å². The van der Waals surface area contributed by atoms with Crippen LogP contribution in [-0.4, -0.2) is 40.5 Å². The highest BCUT2D eigenvalue weighted by Gasteiger charge is 2.34. The molecule has 1 aromatic carbocycles. The molecule has 0 radical (unpaired) electrons. The zero-order chi connectivity index (χ0) is 18.1. The quantitative estimate of drug-likeness (QED) is 0.671. The normalized spacial score (nSPS) is 20.9. The van der Waals surface area contributed by atoms with Gasteiger partial charge < -0.3 is 10.0 Å². The molecule has 132 valence electrons. The van der Waals surface area contributed by atoms with E-state index in [0.29, 0.717) is 18.6 Å². The van der Waals surface area contributed by atoms with E-state index >= 15 is 0 Å². The summed E-state index contributed by atoms with van der Waals surface area (Å²) in [5.41, 5.74) is -2.43. The van der Waals surface area contributed by atoms with Crippen LogP contribution in [0.3, 0.4) is 0 Å². The predicted molar refractivity (Wildman–Crippen MR) is 78.4 cm³/mol. The third-order valence-electron chi connectivity index (χ3n) is 4.18. The lowest BCUT2D eigenvalue weighted by Gasteiger charge is -2.23. The summed E-state index contributed by atoms with van der Waals surface area (Å²) in [6.45, 7) is 0.185. The summed E-state index contributed by atoms with van der Waals surface area (Å²) in [5.74, 6) is -0.886.